The van der Waals surface area contributed by atoms with Crippen LogP contribution >= 0.6 is 11.6 Å². The van der Waals surface area contributed by atoms with Crippen LogP contribution in [0.5, 0.6) is 0 Å². The molecule has 2 rings (SSSR count). The smallest absolute Gasteiger partial charge is 0.262 e. The van der Waals surface area contributed by atoms with Crippen molar-refractivity contribution < 1.29 is 4.79 Å². The van der Waals surface area contributed by atoms with Crippen LogP contribution in [0.3, 0.4) is 0 Å². The second-order valence-electron chi connectivity index (χ2n) is 3.49. The fourth-order valence-corrected chi connectivity index (χ4v) is 1.73. The molecule has 0 aliphatic rings. The average molecular weight is 237 g/mol. The predicted octanol–water partition coefficient (Wildman–Crippen LogP) is 1.64. The Bertz CT molecular complexity index is 619. The van der Waals surface area contributed by atoms with Crippen molar-refractivity contribution in [1.82, 2.24) is 9.55 Å². The Labute approximate surface area is 96.5 Å². The van der Waals surface area contributed by atoms with Gasteiger partial charge in [0.05, 0.1) is 17.4 Å². The van der Waals surface area contributed by atoms with Gasteiger partial charge in [0.25, 0.3) is 5.56 Å². The molecule has 82 valence electrons. The molecule has 16 heavy (non-hydrogen) atoms. The molecule has 0 radical (unpaired) electrons. The molecule has 2 aromatic rings. The van der Waals surface area contributed by atoms with Crippen molar-refractivity contribution in [1.29, 1.82) is 0 Å². The number of carbonyl (C=O) groups is 1. The van der Waals surface area contributed by atoms with Crippen molar-refractivity contribution in [3.8, 4) is 0 Å². The standard InChI is InChI=1S/C11H9ClN2O2/c1-7(15)6-14-10(16)8-4-2-3-5-9(8)13-11(14)12/h2-5H,6H2,1H3. The molecular weight excluding hydrogens is 228 g/mol. The highest BCUT2D eigenvalue weighted by Gasteiger charge is 2.09. The summed E-state index contributed by atoms with van der Waals surface area (Å²) in [4.78, 5) is 27.0. The fourth-order valence-electron chi connectivity index (χ4n) is 1.50. The quantitative estimate of drug-likeness (QED) is 0.745. The summed E-state index contributed by atoms with van der Waals surface area (Å²) in [5.74, 6) is -0.138. The van der Waals surface area contributed by atoms with Crippen molar-refractivity contribution in [2.24, 2.45) is 0 Å². The lowest BCUT2D eigenvalue weighted by atomic mass is 10.2. The van der Waals surface area contributed by atoms with Gasteiger partial charge in [0, 0.05) is 0 Å². The lowest BCUT2D eigenvalue weighted by Gasteiger charge is -2.06. The molecule has 0 aliphatic heterocycles. The summed E-state index contributed by atoms with van der Waals surface area (Å²) in [6.07, 6.45) is 0. The summed E-state index contributed by atoms with van der Waals surface area (Å²) < 4.78 is 1.17. The van der Waals surface area contributed by atoms with Gasteiger partial charge in [0.15, 0.2) is 0 Å². The molecule has 0 saturated carbocycles. The molecule has 5 heteroatoms. The Morgan fingerprint density at radius 1 is 1.44 bits per heavy atom. The van der Waals surface area contributed by atoms with E-state index in [0.29, 0.717) is 10.9 Å². The molecule has 0 saturated heterocycles. The summed E-state index contributed by atoms with van der Waals surface area (Å²) in [5, 5.41) is 0.507. The van der Waals surface area contributed by atoms with E-state index >= 15 is 0 Å². The lowest BCUT2D eigenvalue weighted by Crippen LogP contribution is -2.25. The molecule has 0 N–H and O–H groups in total. The zero-order chi connectivity index (χ0) is 11.7. The first-order chi connectivity index (χ1) is 7.59. The van der Waals surface area contributed by atoms with Crippen molar-refractivity contribution in [3.05, 3.63) is 39.9 Å². The third kappa shape index (κ3) is 1.84. The van der Waals surface area contributed by atoms with Gasteiger partial charge in [-0.3, -0.25) is 14.2 Å². The monoisotopic (exact) mass is 236 g/mol. The van der Waals surface area contributed by atoms with E-state index in [1.807, 2.05) is 0 Å². The van der Waals surface area contributed by atoms with Crippen LogP contribution in [0, 0.1) is 0 Å². The summed E-state index contributed by atoms with van der Waals surface area (Å²) in [7, 11) is 0. The van der Waals surface area contributed by atoms with Gasteiger partial charge in [-0.25, -0.2) is 4.98 Å². The number of para-hydroxylation sites is 1. The van der Waals surface area contributed by atoms with Crippen LogP contribution in [0.1, 0.15) is 6.92 Å². The van der Waals surface area contributed by atoms with E-state index in [4.69, 9.17) is 11.6 Å². The van der Waals surface area contributed by atoms with Crippen LogP contribution < -0.4 is 5.56 Å². The molecule has 0 atom stereocenters. The molecular formula is C11H9ClN2O2. The van der Waals surface area contributed by atoms with E-state index in [9.17, 15) is 9.59 Å². The number of carbonyl (C=O) groups excluding carboxylic acids is 1. The van der Waals surface area contributed by atoms with Crippen molar-refractivity contribution in [2.75, 3.05) is 0 Å². The number of Topliss-reactive ketones (excluding diaryl/α,β-unsaturated/α-hetero) is 1. The Hall–Kier alpha value is -1.68. The van der Waals surface area contributed by atoms with Gasteiger partial charge < -0.3 is 0 Å². The largest absolute Gasteiger partial charge is 0.298 e. The Balaban J connectivity index is 2.76. The average Bonchev–Trinajstić information content (AvgIpc) is 2.24. The molecule has 0 amide bonds. The maximum Gasteiger partial charge on any atom is 0.262 e. The van der Waals surface area contributed by atoms with Gasteiger partial charge in [-0.2, -0.15) is 0 Å². The zero-order valence-corrected chi connectivity index (χ0v) is 9.36. The number of hydrogen-bond donors (Lipinski definition) is 0. The van der Waals surface area contributed by atoms with E-state index in [1.54, 1.807) is 24.3 Å². The molecule has 0 aliphatic carbocycles. The second kappa shape index (κ2) is 4.06. The van der Waals surface area contributed by atoms with Gasteiger partial charge in [0.2, 0.25) is 5.28 Å². The molecule has 4 nitrogen and oxygen atoms in total. The van der Waals surface area contributed by atoms with Gasteiger partial charge in [-0.15, -0.1) is 0 Å². The summed E-state index contributed by atoms with van der Waals surface area (Å²) in [6.45, 7) is 1.35. The number of hydrogen-bond acceptors (Lipinski definition) is 3. The minimum atomic E-state index is -0.286. The lowest BCUT2D eigenvalue weighted by molar-refractivity contribution is -0.117. The first kappa shape index (κ1) is 10.8. The highest BCUT2D eigenvalue weighted by Crippen LogP contribution is 2.10. The van der Waals surface area contributed by atoms with Gasteiger partial charge in [0.1, 0.15) is 5.78 Å². The predicted molar refractivity (Wildman–Crippen MR) is 61.7 cm³/mol. The van der Waals surface area contributed by atoms with Gasteiger partial charge in [-0.05, 0) is 30.7 Å². The van der Waals surface area contributed by atoms with Crippen molar-refractivity contribution in [2.45, 2.75) is 13.5 Å². The summed E-state index contributed by atoms with van der Waals surface area (Å²) in [6, 6.07) is 6.90. The number of fused-ring (bicyclic) bond motifs is 1. The van der Waals surface area contributed by atoms with E-state index in [0.717, 1.165) is 0 Å². The van der Waals surface area contributed by atoms with Gasteiger partial charge in [-0.1, -0.05) is 12.1 Å². The zero-order valence-electron chi connectivity index (χ0n) is 8.61. The third-order valence-corrected chi connectivity index (χ3v) is 2.48. The number of nitrogens with zero attached hydrogens (tertiary/aromatic N) is 2. The number of ketones is 1. The molecule has 0 fully saturated rings. The number of benzene rings is 1. The van der Waals surface area contributed by atoms with E-state index in [2.05, 4.69) is 4.98 Å². The fraction of sp³-hybridized carbons (Fsp3) is 0.182. The first-order valence-corrected chi connectivity index (χ1v) is 5.12. The Morgan fingerprint density at radius 3 is 2.81 bits per heavy atom. The van der Waals surface area contributed by atoms with Crippen molar-refractivity contribution >= 4 is 28.3 Å². The van der Waals surface area contributed by atoms with Crippen LogP contribution in [0.25, 0.3) is 10.9 Å². The maximum absolute atomic E-state index is 12.0. The minimum absolute atomic E-state index is 0.0406. The Kier molecular flexibility index (Phi) is 2.75. The molecule has 0 spiro atoms. The second-order valence-corrected chi connectivity index (χ2v) is 3.83. The number of rotatable bonds is 2. The van der Waals surface area contributed by atoms with Crippen molar-refractivity contribution in [3.63, 3.8) is 0 Å². The minimum Gasteiger partial charge on any atom is -0.298 e. The SMILES string of the molecule is CC(=O)Cn1c(Cl)nc2ccccc2c1=O. The van der Waals surface area contributed by atoms with E-state index < -0.39 is 0 Å². The van der Waals surface area contributed by atoms with Crippen LogP contribution in [0.4, 0.5) is 0 Å². The van der Waals surface area contributed by atoms with Crippen LogP contribution in [0.15, 0.2) is 29.1 Å². The van der Waals surface area contributed by atoms with Gasteiger partial charge >= 0.3 is 0 Å². The number of halogens is 1. The van der Waals surface area contributed by atoms with Crippen LogP contribution in [0.2, 0.25) is 5.28 Å². The highest BCUT2D eigenvalue weighted by atomic mass is 35.5. The first-order valence-electron chi connectivity index (χ1n) is 4.74. The molecule has 0 unspecified atom stereocenters. The molecule has 1 aromatic carbocycles. The van der Waals surface area contributed by atoms with Crippen LogP contribution in [-0.4, -0.2) is 15.3 Å². The normalized spacial score (nSPS) is 10.6. The third-order valence-electron chi connectivity index (χ3n) is 2.20. The summed E-state index contributed by atoms with van der Waals surface area (Å²) in [5.41, 5.74) is 0.253. The Morgan fingerprint density at radius 2 is 2.12 bits per heavy atom. The molecule has 1 aromatic heterocycles. The highest BCUT2D eigenvalue weighted by molar-refractivity contribution is 6.28. The molecule has 1 heterocycles. The van der Waals surface area contributed by atoms with Crippen LogP contribution in [-0.2, 0) is 11.3 Å². The maximum atomic E-state index is 12.0. The topological polar surface area (TPSA) is 52.0 Å². The van der Waals surface area contributed by atoms with E-state index in [-0.39, 0.29) is 23.2 Å². The summed E-state index contributed by atoms with van der Waals surface area (Å²) >= 11 is 5.85. The molecule has 0 bridgehead atoms. The number of aromatic nitrogens is 2. The van der Waals surface area contributed by atoms with E-state index in [1.165, 1.54) is 11.5 Å².